The molecule has 0 N–H and O–H groups in total. The Kier molecular flexibility index (Phi) is 3.43. The van der Waals surface area contributed by atoms with Crippen LogP contribution in [0.1, 0.15) is 0 Å². The van der Waals surface area contributed by atoms with Gasteiger partial charge < -0.3 is 0 Å². The number of hydrogen-bond acceptors (Lipinski definition) is 3. The predicted octanol–water partition coefficient (Wildman–Crippen LogP) is 5.26. The molecule has 5 heteroatoms. The van der Waals surface area contributed by atoms with E-state index in [1.807, 2.05) is 42.5 Å². The van der Waals surface area contributed by atoms with E-state index in [0.717, 1.165) is 16.8 Å². The van der Waals surface area contributed by atoms with Gasteiger partial charge in [0, 0.05) is 22.3 Å². The van der Waals surface area contributed by atoms with Crippen molar-refractivity contribution >= 4 is 28.2 Å². The molecule has 0 atom stereocenters. The molecular weight excluding hydrogens is 344 g/mol. The minimum Gasteiger partial charge on any atom is -0.220 e. The van der Waals surface area contributed by atoms with Crippen LogP contribution in [0, 0.1) is 0 Å². The van der Waals surface area contributed by atoms with Crippen molar-refractivity contribution in [1.29, 1.82) is 0 Å². The summed E-state index contributed by atoms with van der Waals surface area (Å²) in [6, 6.07) is 24.1. The third-order valence-corrected chi connectivity index (χ3v) is 4.64. The molecule has 0 amide bonds. The fourth-order valence-corrected chi connectivity index (χ4v) is 3.21. The third-order valence-electron chi connectivity index (χ3n) is 4.39. The van der Waals surface area contributed by atoms with Crippen LogP contribution >= 0.6 is 11.6 Å². The molecule has 26 heavy (non-hydrogen) atoms. The lowest BCUT2D eigenvalue weighted by Gasteiger charge is -2.05. The molecule has 0 aliphatic carbocycles. The fraction of sp³-hybridized carbons (Fsp3) is 0. The molecule has 2 aromatic heterocycles. The molecule has 0 aliphatic rings. The number of halogens is 1. The number of aromatic nitrogens is 4. The van der Waals surface area contributed by atoms with E-state index in [4.69, 9.17) is 11.6 Å². The minimum absolute atomic E-state index is 0.570. The van der Waals surface area contributed by atoms with Crippen molar-refractivity contribution in [2.75, 3.05) is 0 Å². The first-order valence-electron chi connectivity index (χ1n) is 8.25. The maximum atomic E-state index is 5.97. The molecule has 0 aliphatic heterocycles. The van der Waals surface area contributed by atoms with Crippen LogP contribution in [0.15, 0.2) is 79.0 Å². The summed E-state index contributed by atoms with van der Waals surface area (Å²) in [5.74, 6) is 1.20. The van der Waals surface area contributed by atoms with E-state index in [0.29, 0.717) is 16.6 Å². The van der Waals surface area contributed by atoms with Gasteiger partial charge >= 0.3 is 0 Å². The van der Waals surface area contributed by atoms with Gasteiger partial charge in [0.15, 0.2) is 5.82 Å². The van der Waals surface area contributed by atoms with Crippen LogP contribution in [-0.4, -0.2) is 19.6 Å². The lowest BCUT2D eigenvalue weighted by molar-refractivity contribution is 0.951. The van der Waals surface area contributed by atoms with E-state index in [-0.39, 0.29) is 0 Å². The van der Waals surface area contributed by atoms with Crippen molar-refractivity contribution in [3.63, 3.8) is 0 Å². The van der Waals surface area contributed by atoms with Crippen molar-refractivity contribution in [2.45, 2.75) is 0 Å². The summed E-state index contributed by atoms with van der Waals surface area (Å²) in [5.41, 5.74) is 2.93. The first kappa shape index (κ1) is 15.0. The standard InChI is InChI=1S/C21H13ClN4/c22-18-9-7-15(8-10-18)20-24-21-23-12-11-19(26(21)25-20)17-6-5-14-3-1-2-4-16(14)13-17/h1-13H. The Morgan fingerprint density at radius 1 is 0.769 bits per heavy atom. The quantitative estimate of drug-likeness (QED) is 0.433. The molecular formula is C21H13ClN4. The van der Waals surface area contributed by atoms with Crippen LogP contribution in [-0.2, 0) is 0 Å². The van der Waals surface area contributed by atoms with E-state index in [1.54, 1.807) is 10.7 Å². The largest absolute Gasteiger partial charge is 0.253 e. The highest BCUT2D eigenvalue weighted by atomic mass is 35.5. The molecule has 0 saturated heterocycles. The highest BCUT2D eigenvalue weighted by molar-refractivity contribution is 6.30. The first-order chi connectivity index (χ1) is 12.8. The summed E-state index contributed by atoms with van der Waals surface area (Å²) in [6.07, 6.45) is 1.76. The Morgan fingerprint density at radius 2 is 1.54 bits per heavy atom. The van der Waals surface area contributed by atoms with Gasteiger partial charge in [0.1, 0.15) is 0 Å². The van der Waals surface area contributed by atoms with Crippen molar-refractivity contribution in [3.8, 4) is 22.6 Å². The molecule has 0 saturated carbocycles. The average molecular weight is 357 g/mol. The maximum Gasteiger partial charge on any atom is 0.253 e. The van der Waals surface area contributed by atoms with E-state index in [1.165, 1.54) is 10.8 Å². The van der Waals surface area contributed by atoms with Gasteiger partial charge in [-0.2, -0.15) is 9.50 Å². The minimum atomic E-state index is 0.570. The van der Waals surface area contributed by atoms with Gasteiger partial charge in [-0.15, -0.1) is 5.10 Å². The van der Waals surface area contributed by atoms with Gasteiger partial charge in [-0.25, -0.2) is 4.98 Å². The Morgan fingerprint density at radius 3 is 2.38 bits per heavy atom. The third kappa shape index (κ3) is 2.52. The Hall–Kier alpha value is -3.24. The van der Waals surface area contributed by atoms with E-state index in [9.17, 15) is 0 Å². The summed E-state index contributed by atoms with van der Waals surface area (Å²) in [6.45, 7) is 0. The highest BCUT2D eigenvalue weighted by Gasteiger charge is 2.11. The lowest BCUT2D eigenvalue weighted by atomic mass is 10.1. The number of fused-ring (bicyclic) bond motifs is 2. The summed E-state index contributed by atoms with van der Waals surface area (Å²) in [4.78, 5) is 8.92. The number of benzene rings is 3. The number of rotatable bonds is 2. The van der Waals surface area contributed by atoms with Gasteiger partial charge in [0.05, 0.1) is 5.69 Å². The molecule has 2 heterocycles. The SMILES string of the molecule is Clc1ccc(-c2nc3nccc(-c4ccc5ccccc5c4)n3n2)cc1. The molecule has 124 valence electrons. The zero-order valence-corrected chi connectivity index (χ0v) is 14.4. The molecule has 0 bridgehead atoms. The molecule has 0 spiro atoms. The van der Waals surface area contributed by atoms with Gasteiger partial charge in [-0.05, 0) is 47.2 Å². The Labute approximate surface area is 154 Å². The smallest absolute Gasteiger partial charge is 0.220 e. The average Bonchev–Trinajstić information content (AvgIpc) is 3.12. The molecule has 3 aromatic carbocycles. The van der Waals surface area contributed by atoms with Crippen molar-refractivity contribution in [1.82, 2.24) is 19.6 Å². The monoisotopic (exact) mass is 356 g/mol. The van der Waals surface area contributed by atoms with E-state index >= 15 is 0 Å². The lowest BCUT2D eigenvalue weighted by Crippen LogP contribution is -1.96. The van der Waals surface area contributed by atoms with Gasteiger partial charge in [-0.1, -0.05) is 48.0 Å². The molecule has 0 fully saturated rings. The normalized spacial score (nSPS) is 11.3. The summed E-state index contributed by atoms with van der Waals surface area (Å²) >= 11 is 5.97. The van der Waals surface area contributed by atoms with Crippen molar-refractivity contribution in [2.24, 2.45) is 0 Å². The second kappa shape index (κ2) is 5.93. The van der Waals surface area contributed by atoms with Gasteiger partial charge in [0.25, 0.3) is 5.78 Å². The van der Waals surface area contributed by atoms with Crippen LogP contribution in [0.4, 0.5) is 0 Å². The highest BCUT2D eigenvalue weighted by Crippen LogP contribution is 2.26. The molecule has 4 nitrogen and oxygen atoms in total. The molecule has 5 aromatic rings. The Bertz CT molecular complexity index is 1240. The Balaban J connectivity index is 1.68. The molecule has 0 unspecified atom stereocenters. The second-order valence-corrected chi connectivity index (χ2v) is 6.48. The summed E-state index contributed by atoms with van der Waals surface area (Å²) in [5, 5.41) is 7.75. The van der Waals surface area contributed by atoms with Crippen molar-refractivity contribution in [3.05, 3.63) is 84.0 Å². The van der Waals surface area contributed by atoms with Crippen molar-refractivity contribution < 1.29 is 0 Å². The van der Waals surface area contributed by atoms with Crippen LogP contribution in [0.3, 0.4) is 0 Å². The van der Waals surface area contributed by atoms with Gasteiger partial charge in [-0.3, -0.25) is 0 Å². The molecule has 5 rings (SSSR count). The van der Waals surface area contributed by atoms with Crippen LogP contribution in [0.2, 0.25) is 5.02 Å². The zero-order valence-electron chi connectivity index (χ0n) is 13.7. The summed E-state index contributed by atoms with van der Waals surface area (Å²) in [7, 11) is 0. The molecule has 0 radical (unpaired) electrons. The van der Waals surface area contributed by atoms with Crippen LogP contribution in [0.5, 0.6) is 0 Å². The van der Waals surface area contributed by atoms with E-state index in [2.05, 4.69) is 45.4 Å². The fourth-order valence-electron chi connectivity index (χ4n) is 3.08. The summed E-state index contributed by atoms with van der Waals surface area (Å²) < 4.78 is 1.79. The van der Waals surface area contributed by atoms with Crippen LogP contribution < -0.4 is 0 Å². The first-order valence-corrected chi connectivity index (χ1v) is 8.63. The zero-order chi connectivity index (χ0) is 17.5. The second-order valence-electron chi connectivity index (χ2n) is 6.05. The number of hydrogen-bond donors (Lipinski definition) is 0. The van der Waals surface area contributed by atoms with Crippen LogP contribution in [0.25, 0.3) is 39.2 Å². The number of nitrogens with zero attached hydrogens (tertiary/aromatic N) is 4. The van der Waals surface area contributed by atoms with Gasteiger partial charge in [0.2, 0.25) is 0 Å². The maximum absolute atomic E-state index is 5.97. The van der Waals surface area contributed by atoms with E-state index < -0.39 is 0 Å². The predicted molar refractivity (Wildman–Crippen MR) is 104 cm³/mol. The topological polar surface area (TPSA) is 43.1 Å².